The number of rotatable bonds is 3. The van der Waals surface area contributed by atoms with E-state index in [9.17, 15) is 4.79 Å². The minimum Gasteiger partial charge on any atom is -0.353 e. The molecule has 0 bridgehead atoms. The molecule has 1 saturated heterocycles. The number of hydrogen-bond donors (Lipinski definition) is 0. The number of aryl methyl sites for hydroxylation is 1. The molecule has 1 aliphatic rings. The number of fused-ring (bicyclic) bond motifs is 1. The molecular formula is C19H20ClN5O. The van der Waals surface area contributed by atoms with Crippen LogP contribution in [0, 0.1) is 0 Å². The fraction of sp³-hybridized carbons (Fsp3) is 0.316. The molecule has 26 heavy (non-hydrogen) atoms. The second-order valence-corrected chi connectivity index (χ2v) is 6.74. The Morgan fingerprint density at radius 1 is 1.19 bits per heavy atom. The van der Waals surface area contributed by atoms with Gasteiger partial charge in [-0.25, -0.2) is 9.97 Å². The van der Waals surface area contributed by atoms with E-state index < -0.39 is 0 Å². The zero-order chi connectivity index (χ0) is 18.1. The van der Waals surface area contributed by atoms with Crippen molar-refractivity contribution in [3.63, 3.8) is 0 Å². The molecule has 7 heteroatoms. The van der Waals surface area contributed by atoms with Gasteiger partial charge in [-0.15, -0.1) is 0 Å². The molecule has 0 spiro atoms. The number of halogens is 1. The first-order valence-electron chi connectivity index (χ1n) is 8.79. The van der Waals surface area contributed by atoms with Crippen LogP contribution in [-0.2, 0) is 6.42 Å². The summed E-state index contributed by atoms with van der Waals surface area (Å²) in [6.07, 6.45) is 4.32. The number of hydrogen-bond acceptors (Lipinski definition) is 4. The predicted octanol–water partition coefficient (Wildman–Crippen LogP) is 2.91. The van der Waals surface area contributed by atoms with Crippen molar-refractivity contribution in [1.82, 2.24) is 19.3 Å². The van der Waals surface area contributed by atoms with Crippen molar-refractivity contribution in [2.75, 3.05) is 31.1 Å². The molecule has 0 radical (unpaired) electrons. The SMILES string of the molecule is CCc1nc2cc(Cl)ccn2c1C(=O)N1CCN(c2ccccn2)CC1. The first-order chi connectivity index (χ1) is 12.7. The molecule has 1 amide bonds. The second kappa shape index (κ2) is 6.96. The van der Waals surface area contributed by atoms with Crippen molar-refractivity contribution >= 4 is 29.0 Å². The number of imidazole rings is 1. The van der Waals surface area contributed by atoms with Crippen LogP contribution in [0.3, 0.4) is 0 Å². The van der Waals surface area contributed by atoms with E-state index in [1.807, 2.05) is 40.6 Å². The van der Waals surface area contributed by atoms with E-state index in [0.717, 1.165) is 24.6 Å². The summed E-state index contributed by atoms with van der Waals surface area (Å²) in [5, 5.41) is 0.619. The van der Waals surface area contributed by atoms with Crippen LogP contribution in [0.15, 0.2) is 42.7 Å². The van der Waals surface area contributed by atoms with Crippen LogP contribution in [0.25, 0.3) is 5.65 Å². The summed E-state index contributed by atoms with van der Waals surface area (Å²) in [5.41, 5.74) is 2.17. The summed E-state index contributed by atoms with van der Waals surface area (Å²) < 4.78 is 1.85. The Balaban J connectivity index is 1.56. The molecule has 0 aromatic carbocycles. The van der Waals surface area contributed by atoms with Gasteiger partial charge in [0.25, 0.3) is 5.91 Å². The summed E-state index contributed by atoms with van der Waals surface area (Å²) >= 11 is 6.07. The molecule has 0 aliphatic carbocycles. The monoisotopic (exact) mass is 369 g/mol. The van der Waals surface area contributed by atoms with Gasteiger partial charge in [-0.2, -0.15) is 0 Å². The highest BCUT2D eigenvalue weighted by molar-refractivity contribution is 6.30. The van der Waals surface area contributed by atoms with Gasteiger partial charge < -0.3 is 9.80 Å². The minimum absolute atomic E-state index is 0.0253. The average molecular weight is 370 g/mol. The largest absolute Gasteiger partial charge is 0.353 e. The zero-order valence-electron chi connectivity index (χ0n) is 14.6. The lowest BCUT2D eigenvalue weighted by Gasteiger charge is -2.35. The Hall–Kier alpha value is -2.60. The fourth-order valence-electron chi connectivity index (χ4n) is 3.37. The van der Waals surface area contributed by atoms with Crippen molar-refractivity contribution < 1.29 is 4.79 Å². The third-order valence-electron chi connectivity index (χ3n) is 4.74. The van der Waals surface area contributed by atoms with Crippen LogP contribution < -0.4 is 4.90 Å². The van der Waals surface area contributed by atoms with Gasteiger partial charge in [-0.1, -0.05) is 24.6 Å². The molecule has 3 aromatic heterocycles. The molecular weight excluding hydrogens is 350 g/mol. The molecule has 4 heterocycles. The second-order valence-electron chi connectivity index (χ2n) is 6.30. The molecule has 0 atom stereocenters. The zero-order valence-corrected chi connectivity index (χ0v) is 15.4. The molecule has 0 N–H and O–H groups in total. The number of carbonyl (C=O) groups excluding carboxylic acids is 1. The van der Waals surface area contributed by atoms with E-state index in [2.05, 4.69) is 14.9 Å². The van der Waals surface area contributed by atoms with E-state index in [4.69, 9.17) is 11.6 Å². The maximum atomic E-state index is 13.2. The molecule has 1 fully saturated rings. The van der Waals surface area contributed by atoms with E-state index in [1.165, 1.54) is 0 Å². The summed E-state index contributed by atoms with van der Waals surface area (Å²) in [4.78, 5) is 26.3. The standard InChI is InChI=1S/C19H20ClN5O/c1-2-15-18(25-8-6-14(20)13-17(25)22-15)19(26)24-11-9-23(10-12-24)16-5-3-4-7-21-16/h3-8,13H,2,9-12H2,1H3. The van der Waals surface area contributed by atoms with Crippen LogP contribution in [0.5, 0.6) is 0 Å². The van der Waals surface area contributed by atoms with Gasteiger partial charge in [0.05, 0.1) is 5.69 Å². The van der Waals surface area contributed by atoms with Crippen LogP contribution in [-0.4, -0.2) is 51.4 Å². The Morgan fingerprint density at radius 3 is 2.69 bits per heavy atom. The smallest absolute Gasteiger partial charge is 0.272 e. The van der Waals surface area contributed by atoms with E-state index in [-0.39, 0.29) is 5.91 Å². The number of anilines is 1. The molecule has 1 aliphatic heterocycles. The van der Waals surface area contributed by atoms with Gasteiger partial charge in [-0.05, 0) is 24.6 Å². The maximum absolute atomic E-state index is 13.2. The number of piperazine rings is 1. The number of carbonyl (C=O) groups is 1. The van der Waals surface area contributed by atoms with Crippen molar-refractivity contribution in [3.8, 4) is 0 Å². The van der Waals surface area contributed by atoms with Crippen molar-refractivity contribution in [2.45, 2.75) is 13.3 Å². The predicted molar refractivity (Wildman–Crippen MR) is 102 cm³/mol. The van der Waals surface area contributed by atoms with E-state index >= 15 is 0 Å². The van der Waals surface area contributed by atoms with Crippen LogP contribution >= 0.6 is 11.6 Å². The molecule has 0 saturated carbocycles. The highest BCUT2D eigenvalue weighted by atomic mass is 35.5. The number of pyridine rings is 2. The first-order valence-corrected chi connectivity index (χ1v) is 9.17. The van der Waals surface area contributed by atoms with Crippen molar-refractivity contribution in [1.29, 1.82) is 0 Å². The lowest BCUT2D eigenvalue weighted by atomic mass is 10.2. The molecule has 0 unspecified atom stereocenters. The quantitative estimate of drug-likeness (QED) is 0.712. The van der Waals surface area contributed by atoms with Gasteiger partial charge in [0.1, 0.15) is 17.2 Å². The Labute approximate surface area is 157 Å². The molecule has 6 nitrogen and oxygen atoms in total. The van der Waals surface area contributed by atoms with Crippen LogP contribution in [0.1, 0.15) is 23.1 Å². The summed E-state index contributed by atoms with van der Waals surface area (Å²) in [6.45, 7) is 4.89. The Kier molecular flexibility index (Phi) is 4.51. The lowest BCUT2D eigenvalue weighted by molar-refractivity contribution is 0.0738. The van der Waals surface area contributed by atoms with Gasteiger partial charge in [0.2, 0.25) is 0 Å². The van der Waals surface area contributed by atoms with Gasteiger partial charge >= 0.3 is 0 Å². The first kappa shape index (κ1) is 16.8. The third-order valence-corrected chi connectivity index (χ3v) is 4.97. The number of amides is 1. The third kappa shape index (κ3) is 3.01. The highest BCUT2D eigenvalue weighted by Gasteiger charge is 2.27. The lowest BCUT2D eigenvalue weighted by Crippen LogP contribution is -2.49. The summed E-state index contributed by atoms with van der Waals surface area (Å²) in [5.74, 6) is 0.982. The minimum atomic E-state index is 0.0253. The van der Waals surface area contributed by atoms with Crippen molar-refractivity contribution in [3.05, 3.63) is 59.1 Å². The van der Waals surface area contributed by atoms with Crippen LogP contribution in [0.2, 0.25) is 5.02 Å². The molecule has 3 aromatic rings. The number of aromatic nitrogens is 3. The Morgan fingerprint density at radius 2 is 2.00 bits per heavy atom. The van der Waals surface area contributed by atoms with Gasteiger partial charge in [0.15, 0.2) is 0 Å². The Bertz CT molecular complexity index is 932. The van der Waals surface area contributed by atoms with Crippen LogP contribution in [0.4, 0.5) is 5.82 Å². The molecule has 134 valence electrons. The average Bonchev–Trinajstić information content (AvgIpc) is 3.05. The van der Waals surface area contributed by atoms with E-state index in [1.54, 1.807) is 18.3 Å². The molecule has 4 rings (SSSR count). The summed E-state index contributed by atoms with van der Waals surface area (Å²) in [6, 6.07) is 9.46. The van der Waals surface area contributed by atoms with Gasteiger partial charge in [-0.3, -0.25) is 9.20 Å². The maximum Gasteiger partial charge on any atom is 0.272 e. The number of nitrogens with zero attached hydrogens (tertiary/aromatic N) is 5. The normalized spacial score (nSPS) is 14.8. The summed E-state index contributed by atoms with van der Waals surface area (Å²) in [7, 11) is 0. The van der Waals surface area contributed by atoms with Gasteiger partial charge in [0, 0.05) is 49.7 Å². The van der Waals surface area contributed by atoms with Crippen molar-refractivity contribution in [2.24, 2.45) is 0 Å². The fourth-order valence-corrected chi connectivity index (χ4v) is 3.52. The van der Waals surface area contributed by atoms with E-state index in [0.29, 0.717) is 35.9 Å². The topological polar surface area (TPSA) is 53.7 Å². The highest BCUT2D eigenvalue weighted by Crippen LogP contribution is 2.20.